The zero-order valence-electron chi connectivity index (χ0n) is 8.26. The van der Waals surface area contributed by atoms with E-state index >= 15 is 0 Å². The fourth-order valence-corrected chi connectivity index (χ4v) is 2.10. The Hall–Kier alpha value is -1.00. The summed E-state index contributed by atoms with van der Waals surface area (Å²) in [6.07, 6.45) is -0.616. The molecule has 1 aromatic rings. The maximum Gasteiger partial charge on any atom is 0.0600 e. The Labute approximate surface area is 93.1 Å². The van der Waals surface area contributed by atoms with Crippen molar-refractivity contribution in [2.45, 2.75) is 23.8 Å². The zero-order valence-corrected chi connectivity index (χ0v) is 9.07. The van der Waals surface area contributed by atoms with Gasteiger partial charge in [-0.25, -0.2) is 0 Å². The summed E-state index contributed by atoms with van der Waals surface area (Å²) in [5.41, 5.74) is 0. The molecule has 0 spiro atoms. The van der Waals surface area contributed by atoms with E-state index in [4.69, 9.17) is 0 Å². The first kappa shape index (κ1) is 12.1. The van der Waals surface area contributed by atoms with Gasteiger partial charge in [0.1, 0.15) is 0 Å². The second-order valence-corrected chi connectivity index (χ2v) is 4.35. The van der Waals surface area contributed by atoms with Crippen molar-refractivity contribution < 1.29 is 15.0 Å². The molecule has 1 atom stereocenters. The third-order valence-corrected chi connectivity index (χ3v) is 2.91. The van der Waals surface area contributed by atoms with Crippen molar-refractivity contribution in [2.24, 2.45) is 0 Å². The minimum Gasteiger partial charge on any atom is -0.550 e. The monoisotopic (exact) mass is 225 g/mol. The van der Waals surface area contributed by atoms with Crippen LogP contribution < -0.4 is 5.11 Å². The summed E-state index contributed by atoms with van der Waals surface area (Å²) in [5.74, 6) is -0.495. The highest BCUT2D eigenvalue weighted by atomic mass is 32.2. The van der Waals surface area contributed by atoms with Crippen LogP contribution in [0, 0.1) is 0 Å². The summed E-state index contributed by atoms with van der Waals surface area (Å²) < 4.78 is 0. The van der Waals surface area contributed by atoms with Gasteiger partial charge in [-0.05, 0) is 18.6 Å². The van der Waals surface area contributed by atoms with E-state index in [1.165, 1.54) is 0 Å². The van der Waals surface area contributed by atoms with E-state index in [1.54, 1.807) is 11.8 Å². The molecule has 0 amide bonds. The number of benzene rings is 1. The normalized spacial score (nSPS) is 12.3. The van der Waals surface area contributed by atoms with Crippen LogP contribution >= 0.6 is 11.8 Å². The lowest BCUT2D eigenvalue weighted by atomic mass is 10.2. The van der Waals surface area contributed by atoms with Crippen molar-refractivity contribution in [3.05, 3.63) is 30.3 Å². The Morgan fingerprint density at radius 1 is 1.40 bits per heavy atom. The molecule has 1 aromatic carbocycles. The topological polar surface area (TPSA) is 60.4 Å². The average Bonchev–Trinajstić information content (AvgIpc) is 2.18. The smallest absolute Gasteiger partial charge is 0.0600 e. The summed E-state index contributed by atoms with van der Waals surface area (Å²) in [4.78, 5) is 11.3. The number of aliphatic hydroxyl groups is 1. The number of rotatable bonds is 6. The number of aliphatic carboxylic acids is 1. The third kappa shape index (κ3) is 5.44. The van der Waals surface area contributed by atoms with Crippen molar-refractivity contribution in [3.63, 3.8) is 0 Å². The first-order valence-electron chi connectivity index (χ1n) is 4.74. The maximum absolute atomic E-state index is 10.2. The van der Waals surface area contributed by atoms with Crippen LogP contribution in [0.2, 0.25) is 0 Å². The number of hydrogen-bond donors (Lipinski definition) is 1. The fraction of sp³-hybridized carbons (Fsp3) is 0.364. The molecule has 0 bridgehead atoms. The Kier molecular flexibility index (Phi) is 5.21. The van der Waals surface area contributed by atoms with Gasteiger partial charge in [-0.2, -0.15) is 0 Å². The first-order valence-corrected chi connectivity index (χ1v) is 5.73. The summed E-state index contributed by atoms with van der Waals surface area (Å²) >= 11 is 1.60. The summed E-state index contributed by atoms with van der Waals surface area (Å²) in [7, 11) is 0. The minimum atomic E-state index is -1.20. The van der Waals surface area contributed by atoms with Gasteiger partial charge in [0.2, 0.25) is 0 Å². The summed E-state index contributed by atoms with van der Waals surface area (Å²) in [6.45, 7) is 0. The van der Waals surface area contributed by atoms with E-state index in [9.17, 15) is 15.0 Å². The van der Waals surface area contributed by atoms with E-state index in [0.717, 1.165) is 4.90 Å². The van der Waals surface area contributed by atoms with Crippen LogP contribution in [-0.4, -0.2) is 22.9 Å². The van der Waals surface area contributed by atoms with E-state index in [-0.39, 0.29) is 6.42 Å². The largest absolute Gasteiger partial charge is 0.550 e. The van der Waals surface area contributed by atoms with Gasteiger partial charge in [-0.15, -0.1) is 11.8 Å². The standard InChI is InChI=1S/C11H14O3S/c12-9(8-11(13)14)6-7-15-10-4-2-1-3-5-10/h1-5,9,12H,6-8H2,(H,13,14)/p-1. The molecule has 0 saturated carbocycles. The molecule has 0 aliphatic heterocycles. The van der Waals surface area contributed by atoms with Gasteiger partial charge in [0.05, 0.1) is 6.10 Å². The van der Waals surface area contributed by atoms with Gasteiger partial charge in [-0.3, -0.25) is 0 Å². The number of carboxylic acid groups (broad SMARTS) is 1. The molecule has 0 aliphatic rings. The van der Waals surface area contributed by atoms with Gasteiger partial charge in [0.15, 0.2) is 0 Å². The zero-order chi connectivity index (χ0) is 11.1. The highest BCUT2D eigenvalue weighted by molar-refractivity contribution is 7.99. The lowest BCUT2D eigenvalue weighted by Crippen LogP contribution is -2.27. The third-order valence-electron chi connectivity index (χ3n) is 1.87. The predicted octanol–water partition coefficient (Wildman–Crippen LogP) is 0.670. The van der Waals surface area contributed by atoms with Crippen LogP contribution in [0.1, 0.15) is 12.8 Å². The van der Waals surface area contributed by atoms with Crippen molar-refractivity contribution >= 4 is 17.7 Å². The molecular weight excluding hydrogens is 212 g/mol. The van der Waals surface area contributed by atoms with Crippen molar-refractivity contribution in [1.29, 1.82) is 0 Å². The number of carbonyl (C=O) groups excluding carboxylic acids is 1. The number of hydrogen-bond acceptors (Lipinski definition) is 4. The van der Waals surface area contributed by atoms with Gasteiger partial charge in [0, 0.05) is 23.0 Å². The van der Waals surface area contributed by atoms with Crippen LogP contribution in [0.25, 0.3) is 0 Å². The molecule has 0 saturated heterocycles. The molecule has 1 N–H and O–H groups in total. The molecule has 0 aliphatic carbocycles. The van der Waals surface area contributed by atoms with E-state index in [2.05, 4.69) is 0 Å². The van der Waals surface area contributed by atoms with Gasteiger partial charge >= 0.3 is 0 Å². The SMILES string of the molecule is O=C([O-])CC(O)CCSc1ccccc1. The lowest BCUT2D eigenvalue weighted by Gasteiger charge is -2.10. The van der Waals surface area contributed by atoms with Crippen LogP contribution in [0.5, 0.6) is 0 Å². The van der Waals surface area contributed by atoms with E-state index < -0.39 is 12.1 Å². The second kappa shape index (κ2) is 6.48. The Morgan fingerprint density at radius 2 is 2.07 bits per heavy atom. The molecule has 15 heavy (non-hydrogen) atoms. The Morgan fingerprint density at radius 3 is 2.67 bits per heavy atom. The van der Waals surface area contributed by atoms with Gasteiger partial charge < -0.3 is 15.0 Å². The molecule has 0 radical (unpaired) electrons. The highest BCUT2D eigenvalue weighted by Gasteiger charge is 2.04. The molecule has 4 heteroatoms. The predicted molar refractivity (Wildman–Crippen MR) is 57.4 cm³/mol. The van der Waals surface area contributed by atoms with E-state index in [0.29, 0.717) is 12.2 Å². The van der Waals surface area contributed by atoms with Crippen molar-refractivity contribution in [3.8, 4) is 0 Å². The highest BCUT2D eigenvalue weighted by Crippen LogP contribution is 2.18. The van der Waals surface area contributed by atoms with Gasteiger partial charge in [-0.1, -0.05) is 18.2 Å². The number of carbonyl (C=O) groups is 1. The van der Waals surface area contributed by atoms with E-state index in [1.807, 2.05) is 30.3 Å². The molecule has 0 heterocycles. The minimum absolute atomic E-state index is 0.282. The molecule has 82 valence electrons. The van der Waals surface area contributed by atoms with Crippen molar-refractivity contribution in [2.75, 3.05) is 5.75 Å². The summed E-state index contributed by atoms with van der Waals surface area (Å²) in [6, 6.07) is 9.79. The Bertz CT molecular complexity index is 300. The fourth-order valence-electron chi connectivity index (χ4n) is 1.12. The molecule has 0 fully saturated rings. The Balaban J connectivity index is 2.19. The summed E-state index contributed by atoms with van der Waals surface area (Å²) in [5, 5.41) is 19.4. The average molecular weight is 225 g/mol. The van der Waals surface area contributed by atoms with Crippen LogP contribution in [0.4, 0.5) is 0 Å². The first-order chi connectivity index (χ1) is 7.18. The van der Waals surface area contributed by atoms with Gasteiger partial charge in [0.25, 0.3) is 0 Å². The molecular formula is C11H13O3S-. The van der Waals surface area contributed by atoms with Crippen LogP contribution in [-0.2, 0) is 4.79 Å². The van der Waals surface area contributed by atoms with Crippen LogP contribution in [0.3, 0.4) is 0 Å². The molecule has 3 nitrogen and oxygen atoms in total. The quantitative estimate of drug-likeness (QED) is 0.723. The number of thioether (sulfide) groups is 1. The maximum atomic E-state index is 10.2. The molecule has 1 rings (SSSR count). The lowest BCUT2D eigenvalue weighted by molar-refractivity contribution is -0.307. The molecule has 1 unspecified atom stereocenters. The number of aliphatic hydroxyl groups excluding tert-OH is 1. The molecule has 0 aromatic heterocycles. The van der Waals surface area contributed by atoms with Crippen molar-refractivity contribution in [1.82, 2.24) is 0 Å². The number of carboxylic acids is 1. The van der Waals surface area contributed by atoms with Crippen LogP contribution in [0.15, 0.2) is 35.2 Å². The second-order valence-electron chi connectivity index (χ2n) is 3.18.